The van der Waals surface area contributed by atoms with Crippen molar-refractivity contribution in [2.24, 2.45) is 0 Å². The molecule has 0 rings (SSSR count). The molecule has 0 aromatic rings. The fraction of sp³-hybridized carbons (Fsp3) is 0.714. The van der Waals surface area contributed by atoms with E-state index in [9.17, 15) is 0 Å². The molecule has 0 aliphatic rings. The molecule has 0 unspecified atom stereocenters. The predicted molar refractivity (Wildman–Crippen MR) is 41.6 cm³/mol. The summed E-state index contributed by atoms with van der Waals surface area (Å²) in [6, 6.07) is 0. The van der Waals surface area contributed by atoms with E-state index >= 15 is 0 Å². The largest absolute Gasteiger partial charge is 0.316 e. The average molecular weight is 128 g/mol. The van der Waals surface area contributed by atoms with E-state index in [4.69, 9.17) is 0 Å². The number of nitrogens with zero attached hydrogens (tertiary/aromatic N) is 1. The van der Waals surface area contributed by atoms with Gasteiger partial charge in [0.15, 0.2) is 0 Å². The van der Waals surface area contributed by atoms with Gasteiger partial charge in [-0.25, -0.2) is 0 Å². The minimum Gasteiger partial charge on any atom is -0.316 e. The van der Waals surface area contributed by atoms with Gasteiger partial charge in [-0.2, -0.15) is 0 Å². The molecule has 0 radical (unpaired) electrons. The van der Waals surface area contributed by atoms with E-state index in [1.165, 1.54) is 0 Å². The van der Waals surface area contributed by atoms with Gasteiger partial charge in [-0.1, -0.05) is 12.2 Å². The molecule has 0 aliphatic heterocycles. The number of nitrogens with one attached hydrogen (secondary N) is 1. The van der Waals surface area contributed by atoms with Crippen LogP contribution in [0.2, 0.25) is 0 Å². The highest BCUT2D eigenvalue weighted by atomic mass is 15.0. The molecule has 0 saturated heterocycles. The van der Waals surface area contributed by atoms with Crippen LogP contribution < -0.4 is 5.32 Å². The van der Waals surface area contributed by atoms with Crippen molar-refractivity contribution in [3.05, 3.63) is 12.2 Å². The zero-order chi connectivity index (χ0) is 7.11. The number of likely N-dealkylation sites (N-methyl/N-ethyl adjacent to an activating group) is 2. The van der Waals surface area contributed by atoms with Crippen LogP contribution in [0, 0.1) is 0 Å². The molecule has 0 fully saturated rings. The van der Waals surface area contributed by atoms with Crippen molar-refractivity contribution in [3.8, 4) is 0 Å². The van der Waals surface area contributed by atoms with E-state index in [1.807, 2.05) is 7.05 Å². The van der Waals surface area contributed by atoms with Crippen LogP contribution in [0.15, 0.2) is 12.2 Å². The number of hydrogen-bond donors (Lipinski definition) is 1. The van der Waals surface area contributed by atoms with Crippen LogP contribution in [0.1, 0.15) is 0 Å². The molecule has 0 heterocycles. The lowest BCUT2D eigenvalue weighted by atomic mass is 10.4. The lowest BCUT2D eigenvalue weighted by Crippen LogP contribution is -2.11. The van der Waals surface area contributed by atoms with Crippen molar-refractivity contribution < 1.29 is 0 Å². The molecule has 0 spiro atoms. The van der Waals surface area contributed by atoms with E-state index < -0.39 is 0 Å². The second-order valence-corrected chi connectivity index (χ2v) is 2.29. The molecule has 2 heteroatoms. The quantitative estimate of drug-likeness (QED) is 0.549. The fourth-order valence-electron chi connectivity index (χ4n) is 0.487. The number of rotatable bonds is 4. The van der Waals surface area contributed by atoms with E-state index in [0.29, 0.717) is 0 Å². The van der Waals surface area contributed by atoms with Crippen LogP contribution in [-0.2, 0) is 0 Å². The van der Waals surface area contributed by atoms with Gasteiger partial charge < -0.3 is 10.2 Å². The molecule has 0 aromatic heterocycles. The summed E-state index contributed by atoms with van der Waals surface area (Å²) < 4.78 is 0. The third kappa shape index (κ3) is 7.66. The van der Waals surface area contributed by atoms with E-state index in [0.717, 1.165) is 13.1 Å². The van der Waals surface area contributed by atoms with Gasteiger partial charge in [0, 0.05) is 13.1 Å². The summed E-state index contributed by atoms with van der Waals surface area (Å²) in [5.74, 6) is 0. The van der Waals surface area contributed by atoms with Crippen molar-refractivity contribution in [1.82, 2.24) is 10.2 Å². The smallest absolute Gasteiger partial charge is 0.0157 e. The van der Waals surface area contributed by atoms with E-state index in [1.54, 1.807) is 0 Å². The third-order valence-electron chi connectivity index (χ3n) is 0.959. The first-order valence-corrected chi connectivity index (χ1v) is 3.21. The minimum absolute atomic E-state index is 0.966. The van der Waals surface area contributed by atoms with Gasteiger partial charge in [0.1, 0.15) is 0 Å². The van der Waals surface area contributed by atoms with Gasteiger partial charge in [-0.3, -0.25) is 0 Å². The van der Waals surface area contributed by atoms with Crippen molar-refractivity contribution >= 4 is 0 Å². The highest BCUT2D eigenvalue weighted by Gasteiger charge is 1.79. The second-order valence-electron chi connectivity index (χ2n) is 2.29. The van der Waals surface area contributed by atoms with Gasteiger partial charge in [0.2, 0.25) is 0 Å². The molecule has 54 valence electrons. The molecular formula is C7H16N2. The van der Waals surface area contributed by atoms with Gasteiger partial charge in [0.05, 0.1) is 0 Å². The SMILES string of the molecule is CNC/C=C/CN(C)C. The van der Waals surface area contributed by atoms with Gasteiger partial charge in [-0.05, 0) is 21.1 Å². The Labute approximate surface area is 57.5 Å². The summed E-state index contributed by atoms with van der Waals surface area (Å²) in [5, 5.41) is 3.04. The molecular weight excluding hydrogens is 112 g/mol. The minimum atomic E-state index is 0.966. The molecule has 0 amide bonds. The number of hydrogen-bond acceptors (Lipinski definition) is 2. The second kappa shape index (κ2) is 5.79. The molecule has 0 atom stereocenters. The van der Waals surface area contributed by atoms with Gasteiger partial charge in [0.25, 0.3) is 0 Å². The summed E-state index contributed by atoms with van der Waals surface area (Å²) in [6.07, 6.45) is 4.27. The zero-order valence-corrected chi connectivity index (χ0v) is 6.52. The Bertz CT molecular complexity index is 77.0. The highest BCUT2D eigenvalue weighted by molar-refractivity contribution is 4.84. The summed E-state index contributed by atoms with van der Waals surface area (Å²) in [4.78, 5) is 2.13. The van der Waals surface area contributed by atoms with Crippen molar-refractivity contribution in [3.63, 3.8) is 0 Å². The molecule has 0 bridgehead atoms. The first kappa shape index (κ1) is 8.66. The van der Waals surface area contributed by atoms with Gasteiger partial charge >= 0.3 is 0 Å². The summed E-state index contributed by atoms with van der Waals surface area (Å²) >= 11 is 0. The maximum atomic E-state index is 3.04. The van der Waals surface area contributed by atoms with Crippen molar-refractivity contribution in [1.29, 1.82) is 0 Å². The Balaban J connectivity index is 3.04. The molecule has 0 aliphatic carbocycles. The Kier molecular flexibility index (Phi) is 5.57. The van der Waals surface area contributed by atoms with Crippen LogP contribution in [0.5, 0.6) is 0 Å². The highest BCUT2D eigenvalue weighted by Crippen LogP contribution is 1.75. The maximum Gasteiger partial charge on any atom is 0.0157 e. The average Bonchev–Trinajstić information content (AvgIpc) is 1.80. The van der Waals surface area contributed by atoms with Crippen LogP contribution in [0.3, 0.4) is 0 Å². The normalized spacial score (nSPS) is 11.6. The van der Waals surface area contributed by atoms with E-state index in [2.05, 4.69) is 36.5 Å². The third-order valence-corrected chi connectivity index (χ3v) is 0.959. The van der Waals surface area contributed by atoms with Crippen molar-refractivity contribution in [2.75, 3.05) is 34.2 Å². The van der Waals surface area contributed by atoms with Crippen LogP contribution in [-0.4, -0.2) is 39.1 Å². The summed E-state index contributed by atoms with van der Waals surface area (Å²) in [6.45, 7) is 2.00. The summed E-state index contributed by atoms with van der Waals surface area (Å²) in [7, 11) is 6.06. The molecule has 9 heavy (non-hydrogen) atoms. The van der Waals surface area contributed by atoms with Crippen molar-refractivity contribution in [2.45, 2.75) is 0 Å². The zero-order valence-electron chi connectivity index (χ0n) is 6.52. The molecule has 0 aromatic carbocycles. The van der Waals surface area contributed by atoms with Crippen LogP contribution in [0.4, 0.5) is 0 Å². The molecule has 1 N–H and O–H groups in total. The molecule has 0 saturated carbocycles. The topological polar surface area (TPSA) is 15.3 Å². The first-order valence-electron chi connectivity index (χ1n) is 3.21. The molecule has 2 nitrogen and oxygen atoms in total. The van der Waals surface area contributed by atoms with E-state index in [-0.39, 0.29) is 0 Å². The Morgan fingerprint density at radius 2 is 2.00 bits per heavy atom. The lowest BCUT2D eigenvalue weighted by molar-refractivity contribution is 0.456. The Morgan fingerprint density at radius 1 is 1.33 bits per heavy atom. The Morgan fingerprint density at radius 3 is 2.44 bits per heavy atom. The standard InChI is InChI=1S/C7H16N2/c1-8-6-4-5-7-9(2)3/h4-5,8H,6-7H2,1-3H3/b5-4+. The van der Waals surface area contributed by atoms with Crippen LogP contribution >= 0.6 is 0 Å². The lowest BCUT2D eigenvalue weighted by Gasteiger charge is -2.02. The fourth-order valence-corrected chi connectivity index (χ4v) is 0.487. The first-order chi connectivity index (χ1) is 4.27. The summed E-state index contributed by atoms with van der Waals surface area (Å²) in [5.41, 5.74) is 0. The van der Waals surface area contributed by atoms with Crippen LogP contribution in [0.25, 0.3) is 0 Å². The van der Waals surface area contributed by atoms with Gasteiger partial charge in [-0.15, -0.1) is 0 Å². The Hall–Kier alpha value is -0.340. The predicted octanol–water partition coefficient (Wildman–Crippen LogP) is 0.324. The maximum absolute atomic E-state index is 3.04. The monoisotopic (exact) mass is 128 g/mol.